The van der Waals surface area contributed by atoms with Crippen LogP contribution in [0, 0.1) is 0 Å². The van der Waals surface area contributed by atoms with Crippen LogP contribution < -0.4 is 5.32 Å². The number of carboxylic acid groups (broad SMARTS) is 1. The van der Waals surface area contributed by atoms with Gasteiger partial charge < -0.3 is 20.3 Å². The molecule has 1 aliphatic heterocycles. The topological polar surface area (TPSA) is 98.3 Å². The van der Waals surface area contributed by atoms with Gasteiger partial charge in [0.1, 0.15) is 6.04 Å². The highest BCUT2D eigenvalue weighted by Crippen LogP contribution is 2.28. The van der Waals surface area contributed by atoms with Gasteiger partial charge in [0.15, 0.2) is 0 Å². The van der Waals surface area contributed by atoms with Crippen molar-refractivity contribution >= 4 is 12.0 Å². The maximum absolute atomic E-state index is 12.2. The summed E-state index contributed by atoms with van der Waals surface area (Å²) in [4.78, 5) is 31.9. The van der Waals surface area contributed by atoms with Gasteiger partial charge in [0.25, 0.3) is 0 Å². The second kappa shape index (κ2) is 5.52. The highest BCUT2D eigenvalue weighted by molar-refractivity contribution is 5.83. The molecule has 1 fully saturated rings. The van der Waals surface area contributed by atoms with E-state index in [0.717, 1.165) is 12.8 Å². The van der Waals surface area contributed by atoms with E-state index < -0.39 is 12.0 Å². The van der Waals surface area contributed by atoms with Crippen LogP contribution in [0.4, 0.5) is 4.79 Å². The zero-order chi connectivity index (χ0) is 14.8. The fourth-order valence-corrected chi connectivity index (χ4v) is 2.53. The van der Waals surface area contributed by atoms with Crippen LogP contribution in [0.15, 0.2) is 12.5 Å². The first-order chi connectivity index (χ1) is 9.40. The fraction of sp³-hybridized carbons (Fsp3) is 0.615. The SMILES string of the molecule is CC1(C)CCCN1C(=O)NC(Cc1cnc[nH]1)C(=O)O. The number of carbonyl (C=O) groups excluding carboxylic acids is 1. The summed E-state index contributed by atoms with van der Waals surface area (Å²) < 4.78 is 0. The van der Waals surface area contributed by atoms with Crippen molar-refractivity contribution in [3.8, 4) is 0 Å². The van der Waals surface area contributed by atoms with E-state index in [0.29, 0.717) is 12.2 Å². The maximum atomic E-state index is 12.2. The molecule has 2 heterocycles. The van der Waals surface area contributed by atoms with Gasteiger partial charge in [-0.25, -0.2) is 14.6 Å². The smallest absolute Gasteiger partial charge is 0.326 e. The predicted molar refractivity (Wildman–Crippen MR) is 72.3 cm³/mol. The minimum atomic E-state index is -1.05. The third-order valence-corrected chi connectivity index (χ3v) is 3.72. The number of hydrogen-bond donors (Lipinski definition) is 3. The molecule has 1 aromatic rings. The number of rotatable bonds is 4. The van der Waals surface area contributed by atoms with Crippen LogP contribution in [-0.4, -0.2) is 50.1 Å². The third-order valence-electron chi connectivity index (χ3n) is 3.72. The number of carbonyl (C=O) groups is 2. The van der Waals surface area contributed by atoms with Crippen LogP contribution in [0.3, 0.4) is 0 Å². The molecule has 2 rings (SSSR count). The van der Waals surface area contributed by atoms with Crippen molar-refractivity contribution in [2.45, 2.75) is 44.7 Å². The number of aliphatic carboxylic acids is 1. The van der Waals surface area contributed by atoms with Gasteiger partial charge in [-0.1, -0.05) is 0 Å². The van der Waals surface area contributed by atoms with E-state index in [2.05, 4.69) is 15.3 Å². The number of carboxylic acids is 1. The molecule has 1 atom stereocenters. The number of nitrogens with one attached hydrogen (secondary N) is 2. The fourth-order valence-electron chi connectivity index (χ4n) is 2.53. The van der Waals surface area contributed by atoms with Crippen LogP contribution in [0.2, 0.25) is 0 Å². The minimum absolute atomic E-state index is 0.190. The lowest BCUT2D eigenvalue weighted by atomic mass is 10.0. The molecule has 0 aliphatic carbocycles. The van der Waals surface area contributed by atoms with Crippen molar-refractivity contribution in [2.24, 2.45) is 0 Å². The van der Waals surface area contributed by atoms with Gasteiger partial charge in [0, 0.05) is 30.4 Å². The number of aromatic nitrogens is 2. The Morgan fingerprint density at radius 3 is 2.85 bits per heavy atom. The summed E-state index contributed by atoms with van der Waals surface area (Å²) in [5, 5.41) is 11.8. The first-order valence-electron chi connectivity index (χ1n) is 6.68. The number of imidazole rings is 1. The zero-order valence-corrected chi connectivity index (χ0v) is 11.7. The molecule has 1 saturated heterocycles. The molecule has 7 heteroatoms. The molecular formula is C13H20N4O3. The van der Waals surface area contributed by atoms with Crippen molar-refractivity contribution in [3.05, 3.63) is 18.2 Å². The van der Waals surface area contributed by atoms with E-state index in [1.54, 1.807) is 11.1 Å². The van der Waals surface area contributed by atoms with E-state index in [1.807, 2.05) is 13.8 Å². The standard InChI is InChI=1S/C13H20N4O3/c1-13(2)4-3-5-17(13)12(20)16-10(11(18)19)6-9-7-14-8-15-9/h7-8,10H,3-6H2,1-2H3,(H,14,15)(H,16,20)(H,18,19). The van der Waals surface area contributed by atoms with Crippen LogP contribution in [0.5, 0.6) is 0 Å². The highest BCUT2D eigenvalue weighted by atomic mass is 16.4. The molecule has 1 unspecified atom stereocenters. The summed E-state index contributed by atoms with van der Waals surface area (Å²) in [7, 11) is 0. The van der Waals surface area contributed by atoms with Crippen molar-refractivity contribution < 1.29 is 14.7 Å². The number of hydrogen-bond acceptors (Lipinski definition) is 3. The largest absolute Gasteiger partial charge is 0.480 e. The minimum Gasteiger partial charge on any atom is -0.480 e. The summed E-state index contributed by atoms with van der Waals surface area (Å²) in [6.07, 6.45) is 5.11. The molecule has 0 aromatic carbocycles. The second-order valence-electron chi connectivity index (χ2n) is 5.69. The number of nitrogens with zero attached hydrogens (tertiary/aromatic N) is 2. The van der Waals surface area contributed by atoms with E-state index in [4.69, 9.17) is 0 Å². The molecule has 2 amide bonds. The second-order valence-corrected chi connectivity index (χ2v) is 5.69. The highest BCUT2D eigenvalue weighted by Gasteiger charge is 2.36. The van der Waals surface area contributed by atoms with Gasteiger partial charge in [-0.2, -0.15) is 0 Å². The summed E-state index contributed by atoms with van der Waals surface area (Å²) in [5.74, 6) is -1.05. The predicted octanol–water partition coefficient (Wildman–Crippen LogP) is 0.989. The van der Waals surface area contributed by atoms with Crippen molar-refractivity contribution in [3.63, 3.8) is 0 Å². The molecule has 0 saturated carbocycles. The molecule has 1 aromatic heterocycles. The third kappa shape index (κ3) is 3.09. The molecule has 0 bridgehead atoms. The Bertz CT molecular complexity index is 484. The van der Waals surface area contributed by atoms with Crippen LogP contribution in [0.1, 0.15) is 32.4 Å². The molecule has 0 spiro atoms. The first-order valence-corrected chi connectivity index (χ1v) is 6.68. The Balaban J connectivity index is 2.01. The summed E-state index contributed by atoms with van der Waals surface area (Å²) in [5.41, 5.74) is 0.458. The normalized spacial score (nSPS) is 18.8. The molecule has 20 heavy (non-hydrogen) atoms. The van der Waals surface area contributed by atoms with E-state index in [-0.39, 0.29) is 18.0 Å². The average molecular weight is 280 g/mol. The lowest BCUT2D eigenvalue weighted by molar-refractivity contribution is -0.139. The molecule has 0 radical (unpaired) electrons. The monoisotopic (exact) mass is 280 g/mol. The number of likely N-dealkylation sites (tertiary alicyclic amines) is 1. The van der Waals surface area contributed by atoms with Crippen molar-refractivity contribution in [2.75, 3.05) is 6.54 Å². The van der Waals surface area contributed by atoms with Crippen molar-refractivity contribution in [1.29, 1.82) is 0 Å². The zero-order valence-electron chi connectivity index (χ0n) is 11.7. The maximum Gasteiger partial charge on any atom is 0.326 e. The molecule has 7 nitrogen and oxygen atoms in total. The van der Waals surface area contributed by atoms with E-state index in [1.165, 1.54) is 6.33 Å². The van der Waals surface area contributed by atoms with Gasteiger partial charge in [-0.05, 0) is 26.7 Å². The summed E-state index contributed by atoms with van der Waals surface area (Å²) in [6, 6.07) is -1.28. The average Bonchev–Trinajstić information content (AvgIpc) is 2.97. The number of H-pyrrole nitrogens is 1. The van der Waals surface area contributed by atoms with E-state index >= 15 is 0 Å². The Morgan fingerprint density at radius 2 is 2.35 bits per heavy atom. The molecule has 110 valence electrons. The molecule has 1 aliphatic rings. The number of amides is 2. The van der Waals surface area contributed by atoms with E-state index in [9.17, 15) is 14.7 Å². The van der Waals surface area contributed by atoms with Crippen LogP contribution in [-0.2, 0) is 11.2 Å². The van der Waals surface area contributed by atoms with Gasteiger partial charge in [-0.15, -0.1) is 0 Å². The molecular weight excluding hydrogens is 260 g/mol. The lowest BCUT2D eigenvalue weighted by Crippen LogP contribution is -2.53. The first kappa shape index (κ1) is 14.4. The summed E-state index contributed by atoms with van der Waals surface area (Å²) in [6.45, 7) is 4.64. The number of urea groups is 1. The Labute approximate surface area is 117 Å². The van der Waals surface area contributed by atoms with Gasteiger partial charge in [0.05, 0.1) is 6.33 Å². The Morgan fingerprint density at radius 1 is 1.60 bits per heavy atom. The molecule has 3 N–H and O–H groups in total. The van der Waals surface area contributed by atoms with Gasteiger partial charge >= 0.3 is 12.0 Å². The quantitative estimate of drug-likeness (QED) is 0.766. The summed E-state index contributed by atoms with van der Waals surface area (Å²) >= 11 is 0. The number of aromatic amines is 1. The Kier molecular flexibility index (Phi) is 3.96. The van der Waals surface area contributed by atoms with Gasteiger partial charge in [-0.3, -0.25) is 0 Å². The van der Waals surface area contributed by atoms with Crippen molar-refractivity contribution in [1.82, 2.24) is 20.2 Å². The Hall–Kier alpha value is -2.05. The lowest BCUT2D eigenvalue weighted by Gasteiger charge is -2.32. The van der Waals surface area contributed by atoms with Crippen LogP contribution in [0.25, 0.3) is 0 Å². The van der Waals surface area contributed by atoms with Gasteiger partial charge in [0.2, 0.25) is 0 Å². The van der Waals surface area contributed by atoms with Crippen LogP contribution >= 0.6 is 0 Å².